The average molecular weight is 384 g/mol. The van der Waals surface area contributed by atoms with E-state index < -0.39 is 0 Å². The molecular formula is C19H20N4O3S. The van der Waals surface area contributed by atoms with Crippen LogP contribution < -0.4 is 0 Å². The van der Waals surface area contributed by atoms with E-state index in [9.17, 15) is 14.4 Å². The first-order valence-corrected chi connectivity index (χ1v) is 10.2. The molecule has 4 amide bonds. The van der Waals surface area contributed by atoms with Crippen molar-refractivity contribution >= 4 is 39.4 Å². The van der Waals surface area contributed by atoms with Gasteiger partial charge in [-0.05, 0) is 43.9 Å². The molecule has 1 saturated carbocycles. The molecule has 140 valence electrons. The minimum Gasteiger partial charge on any atom is -0.338 e. The molecule has 2 aliphatic heterocycles. The van der Waals surface area contributed by atoms with Gasteiger partial charge in [-0.2, -0.15) is 0 Å². The quantitative estimate of drug-likeness (QED) is 0.762. The van der Waals surface area contributed by atoms with E-state index in [1.165, 1.54) is 16.2 Å². The molecule has 3 aliphatic rings. The number of hydrogen-bond donors (Lipinski definition) is 0. The lowest BCUT2D eigenvalue weighted by Gasteiger charge is -2.36. The number of nitrogens with zero attached hydrogens (tertiary/aromatic N) is 4. The van der Waals surface area contributed by atoms with E-state index in [0.29, 0.717) is 31.5 Å². The van der Waals surface area contributed by atoms with E-state index in [1.807, 2.05) is 23.1 Å². The summed E-state index contributed by atoms with van der Waals surface area (Å²) in [6, 6.07) is 5.64. The van der Waals surface area contributed by atoms with Gasteiger partial charge in [-0.1, -0.05) is 0 Å². The maximum absolute atomic E-state index is 12.8. The lowest BCUT2D eigenvalue weighted by molar-refractivity contribution is -0.125. The third-order valence-corrected chi connectivity index (χ3v) is 6.50. The fourth-order valence-corrected chi connectivity index (χ4v) is 4.78. The molecule has 1 aromatic heterocycles. The number of urea groups is 1. The van der Waals surface area contributed by atoms with Crippen LogP contribution in [-0.4, -0.2) is 69.2 Å². The monoisotopic (exact) mass is 384 g/mol. The Kier molecular flexibility index (Phi) is 3.89. The molecule has 5 rings (SSSR count). The fraction of sp³-hybridized carbons (Fsp3) is 0.474. The highest BCUT2D eigenvalue weighted by atomic mass is 32.1. The number of fused-ring (bicyclic) bond motifs is 1. The van der Waals surface area contributed by atoms with Crippen LogP contribution in [0.25, 0.3) is 10.2 Å². The second kappa shape index (κ2) is 6.30. The maximum Gasteiger partial charge on any atom is 0.327 e. The van der Waals surface area contributed by atoms with Crippen LogP contribution in [0.5, 0.6) is 0 Å². The van der Waals surface area contributed by atoms with Crippen molar-refractivity contribution in [2.45, 2.75) is 37.8 Å². The van der Waals surface area contributed by atoms with E-state index in [0.717, 1.165) is 23.1 Å². The van der Waals surface area contributed by atoms with Crippen molar-refractivity contribution in [2.75, 3.05) is 19.6 Å². The highest BCUT2D eigenvalue weighted by Crippen LogP contribution is 2.32. The Bertz CT molecular complexity index is 930. The zero-order chi connectivity index (χ0) is 18.5. The first kappa shape index (κ1) is 16.7. The SMILES string of the molecule is O=C(c1ccc2ncsc2c1)N1CCC(N2CC(=O)N(C3CC3)C2=O)CC1. The van der Waals surface area contributed by atoms with E-state index >= 15 is 0 Å². The van der Waals surface area contributed by atoms with Gasteiger partial charge in [-0.25, -0.2) is 9.78 Å². The molecule has 0 radical (unpaired) electrons. The van der Waals surface area contributed by atoms with Gasteiger partial charge in [0.25, 0.3) is 11.8 Å². The van der Waals surface area contributed by atoms with Crippen molar-refractivity contribution in [3.05, 3.63) is 29.3 Å². The summed E-state index contributed by atoms with van der Waals surface area (Å²) in [7, 11) is 0. The summed E-state index contributed by atoms with van der Waals surface area (Å²) < 4.78 is 1.01. The molecule has 0 bridgehead atoms. The topological polar surface area (TPSA) is 73.8 Å². The van der Waals surface area contributed by atoms with Gasteiger partial charge >= 0.3 is 6.03 Å². The Labute approximate surface area is 160 Å². The number of carbonyl (C=O) groups is 3. The van der Waals surface area contributed by atoms with Crippen molar-refractivity contribution in [1.29, 1.82) is 0 Å². The third kappa shape index (κ3) is 2.88. The summed E-state index contributed by atoms with van der Waals surface area (Å²) in [6.07, 6.45) is 3.29. The van der Waals surface area contributed by atoms with Crippen LogP contribution in [0.4, 0.5) is 4.79 Å². The van der Waals surface area contributed by atoms with Crippen LogP contribution in [0.15, 0.2) is 23.7 Å². The van der Waals surface area contributed by atoms with Gasteiger partial charge in [0.1, 0.15) is 6.54 Å². The molecule has 2 saturated heterocycles. The molecule has 7 nitrogen and oxygen atoms in total. The van der Waals surface area contributed by atoms with E-state index in [2.05, 4.69) is 4.98 Å². The van der Waals surface area contributed by atoms with Gasteiger partial charge in [0.2, 0.25) is 0 Å². The van der Waals surface area contributed by atoms with Crippen LogP contribution >= 0.6 is 11.3 Å². The summed E-state index contributed by atoms with van der Waals surface area (Å²) >= 11 is 1.53. The molecule has 3 fully saturated rings. The van der Waals surface area contributed by atoms with Gasteiger partial charge in [0.15, 0.2) is 0 Å². The molecule has 2 aromatic rings. The van der Waals surface area contributed by atoms with Crippen LogP contribution in [0.2, 0.25) is 0 Å². The molecule has 0 unspecified atom stereocenters. The molecule has 0 N–H and O–H groups in total. The van der Waals surface area contributed by atoms with Crippen molar-refractivity contribution in [3.63, 3.8) is 0 Å². The molecule has 1 aliphatic carbocycles. The molecule has 0 atom stereocenters. The summed E-state index contributed by atoms with van der Waals surface area (Å²) in [5, 5.41) is 0. The standard InChI is InChI=1S/C19H20N4O3S/c24-17-10-22(19(26)23(17)14-2-3-14)13-5-7-21(8-6-13)18(25)12-1-4-15-16(9-12)27-11-20-15/h1,4,9,11,13-14H,2-3,5-8,10H2. The Morgan fingerprint density at radius 2 is 1.85 bits per heavy atom. The lowest BCUT2D eigenvalue weighted by atomic mass is 10.0. The predicted molar refractivity (Wildman–Crippen MR) is 101 cm³/mol. The van der Waals surface area contributed by atoms with Gasteiger partial charge in [-0.15, -0.1) is 11.3 Å². The van der Waals surface area contributed by atoms with Crippen molar-refractivity contribution < 1.29 is 14.4 Å². The summed E-state index contributed by atoms with van der Waals surface area (Å²) in [5.41, 5.74) is 3.37. The van der Waals surface area contributed by atoms with Gasteiger partial charge in [-0.3, -0.25) is 14.5 Å². The summed E-state index contributed by atoms with van der Waals surface area (Å²) in [6.45, 7) is 1.40. The number of amides is 4. The molecule has 27 heavy (non-hydrogen) atoms. The number of likely N-dealkylation sites (tertiary alicyclic amines) is 1. The van der Waals surface area contributed by atoms with Gasteiger partial charge in [0, 0.05) is 30.7 Å². The zero-order valence-corrected chi connectivity index (χ0v) is 15.7. The highest BCUT2D eigenvalue weighted by Gasteiger charge is 2.47. The minimum atomic E-state index is -0.136. The maximum atomic E-state index is 12.8. The van der Waals surface area contributed by atoms with Crippen molar-refractivity contribution in [2.24, 2.45) is 0 Å². The van der Waals surface area contributed by atoms with Crippen molar-refractivity contribution in [1.82, 2.24) is 19.7 Å². The number of rotatable bonds is 3. The number of imide groups is 1. The Balaban J connectivity index is 1.24. The number of aromatic nitrogens is 1. The first-order chi connectivity index (χ1) is 13.1. The van der Waals surface area contributed by atoms with Crippen LogP contribution in [-0.2, 0) is 4.79 Å². The molecule has 8 heteroatoms. The van der Waals surface area contributed by atoms with Gasteiger partial charge in [0.05, 0.1) is 15.7 Å². The van der Waals surface area contributed by atoms with Crippen LogP contribution in [0.3, 0.4) is 0 Å². The first-order valence-electron chi connectivity index (χ1n) is 9.37. The lowest BCUT2D eigenvalue weighted by Crippen LogP contribution is -2.48. The molecular weight excluding hydrogens is 364 g/mol. The number of piperidine rings is 1. The number of benzene rings is 1. The second-order valence-electron chi connectivity index (χ2n) is 7.46. The summed E-state index contributed by atoms with van der Waals surface area (Å²) in [4.78, 5) is 46.8. The smallest absolute Gasteiger partial charge is 0.327 e. The number of thiazole rings is 1. The summed E-state index contributed by atoms with van der Waals surface area (Å²) in [5.74, 6) is -0.0500. The van der Waals surface area contributed by atoms with E-state index in [1.54, 1.807) is 10.4 Å². The average Bonchev–Trinajstić information content (AvgIpc) is 3.32. The molecule has 0 spiro atoms. The van der Waals surface area contributed by atoms with Crippen LogP contribution in [0.1, 0.15) is 36.0 Å². The normalized spacial score (nSPS) is 21.6. The molecule has 3 heterocycles. The largest absolute Gasteiger partial charge is 0.338 e. The molecule has 1 aromatic carbocycles. The van der Waals surface area contributed by atoms with Crippen molar-refractivity contribution in [3.8, 4) is 0 Å². The van der Waals surface area contributed by atoms with Gasteiger partial charge < -0.3 is 9.80 Å². The Morgan fingerprint density at radius 1 is 1.07 bits per heavy atom. The predicted octanol–water partition coefficient (Wildman–Crippen LogP) is 2.33. The number of hydrogen-bond acceptors (Lipinski definition) is 5. The fourth-order valence-electron chi connectivity index (χ4n) is 4.06. The van der Waals surface area contributed by atoms with E-state index in [4.69, 9.17) is 0 Å². The van der Waals surface area contributed by atoms with E-state index in [-0.39, 0.29) is 36.5 Å². The Hall–Kier alpha value is -2.48. The number of carbonyl (C=O) groups excluding carboxylic acids is 3. The highest BCUT2D eigenvalue weighted by molar-refractivity contribution is 7.16. The Morgan fingerprint density at radius 3 is 2.59 bits per heavy atom. The third-order valence-electron chi connectivity index (χ3n) is 5.71. The zero-order valence-electron chi connectivity index (χ0n) is 14.8. The second-order valence-corrected chi connectivity index (χ2v) is 8.35. The van der Waals surface area contributed by atoms with Crippen LogP contribution in [0, 0.1) is 0 Å². The minimum absolute atomic E-state index is 0.0205.